The number of anilines is 1. The second-order valence-electron chi connectivity index (χ2n) is 7.94. The molecule has 0 radical (unpaired) electrons. The van der Waals surface area contributed by atoms with Crippen molar-refractivity contribution in [2.45, 2.75) is 44.1 Å². The monoisotopic (exact) mass is 407 g/mol. The first-order valence-corrected chi connectivity index (χ1v) is 10.4. The van der Waals surface area contributed by atoms with Crippen LogP contribution in [0.5, 0.6) is 0 Å². The summed E-state index contributed by atoms with van der Waals surface area (Å²) in [6.07, 6.45) is 6.01. The number of hydrogen-bond donors (Lipinski definition) is 2. The quantitative estimate of drug-likeness (QED) is 0.767. The van der Waals surface area contributed by atoms with E-state index in [-0.39, 0.29) is 42.5 Å². The fourth-order valence-electron chi connectivity index (χ4n) is 4.87. The highest BCUT2D eigenvalue weighted by atomic mass is 16.4. The van der Waals surface area contributed by atoms with E-state index in [1.807, 2.05) is 29.2 Å². The van der Waals surface area contributed by atoms with Gasteiger partial charge in [0.2, 0.25) is 5.91 Å². The van der Waals surface area contributed by atoms with Crippen LogP contribution in [0.4, 0.5) is 5.69 Å². The third-order valence-corrected chi connectivity index (χ3v) is 6.19. The van der Waals surface area contributed by atoms with Crippen molar-refractivity contribution in [2.24, 2.45) is 5.92 Å². The third kappa shape index (κ3) is 3.92. The van der Waals surface area contributed by atoms with Gasteiger partial charge in [-0.2, -0.15) is 0 Å². The maximum Gasteiger partial charge on any atom is 0.303 e. The summed E-state index contributed by atoms with van der Waals surface area (Å²) >= 11 is 0. The molecule has 1 aromatic carbocycles. The van der Waals surface area contributed by atoms with Crippen LogP contribution >= 0.6 is 0 Å². The SMILES string of the molecule is O=C(O)CCC(=O)NC[C@H]1c2ccccc2N(C(=O)c2cccnc2)[C@@H]2CCC[C@@H]21. The lowest BCUT2D eigenvalue weighted by Crippen LogP contribution is -2.49. The molecule has 1 aromatic heterocycles. The van der Waals surface area contributed by atoms with E-state index in [0.717, 1.165) is 30.5 Å². The molecule has 2 N–H and O–H groups in total. The van der Waals surface area contributed by atoms with Crippen LogP contribution in [0.25, 0.3) is 0 Å². The zero-order valence-electron chi connectivity index (χ0n) is 16.7. The molecule has 0 saturated heterocycles. The summed E-state index contributed by atoms with van der Waals surface area (Å²) < 4.78 is 0. The number of benzene rings is 1. The Morgan fingerprint density at radius 1 is 1.10 bits per heavy atom. The number of nitrogens with zero attached hydrogens (tertiary/aromatic N) is 2. The highest BCUT2D eigenvalue weighted by Crippen LogP contribution is 2.49. The summed E-state index contributed by atoms with van der Waals surface area (Å²) in [6, 6.07) is 11.5. The molecule has 7 nitrogen and oxygen atoms in total. The van der Waals surface area contributed by atoms with E-state index < -0.39 is 5.97 Å². The number of amides is 2. The Kier molecular flexibility index (Phi) is 5.79. The number of fused-ring (bicyclic) bond motifs is 2. The smallest absolute Gasteiger partial charge is 0.303 e. The van der Waals surface area contributed by atoms with Gasteiger partial charge in [-0.15, -0.1) is 0 Å². The molecule has 2 amide bonds. The largest absolute Gasteiger partial charge is 0.481 e. The van der Waals surface area contributed by atoms with E-state index in [1.54, 1.807) is 24.5 Å². The summed E-state index contributed by atoms with van der Waals surface area (Å²) in [5, 5.41) is 11.7. The van der Waals surface area contributed by atoms with Gasteiger partial charge in [0, 0.05) is 43.0 Å². The number of aliphatic carboxylic acids is 1. The standard InChI is InChI=1S/C23H25N3O4/c27-21(10-11-22(28)29)25-14-18-16-6-1-2-8-19(16)26(20-9-3-7-17(18)20)23(30)15-5-4-12-24-13-15/h1-2,4-6,8,12-13,17-18,20H,3,7,9-11,14H2,(H,25,27)(H,28,29)/t17-,18+,20-/m1/s1. The van der Waals surface area contributed by atoms with Gasteiger partial charge in [0.25, 0.3) is 5.91 Å². The Morgan fingerprint density at radius 2 is 1.93 bits per heavy atom. The predicted molar refractivity (Wildman–Crippen MR) is 111 cm³/mol. The van der Waals surface area contributed by atoms with Crippen molar-refractivity contribution in [2.75, 3.05) is 11.4 Å². The van der Waals surface area contributed by atoms with Crippen molar-refractivity contribution < 1.29 is 19.5 Å². The van der Waals surface area contributed by atoms with Crippen LogP contribution in [0.1, 0.15) is 53.9 Å². The minimum atomic E-state index is -0.978. The number of carbonyl (C=O) groups is 3. The molecular formula is C23H25N3O4. The van der Waals surface area contributed by atoms with Crippen molar-refractivity contribution in [1.29, 1.82) is 0 Å². The van der Waals surface area contributed by atoms with Gasteiger partial charge in [0.15, 0.2) is 0 Å². The molecular weight excluding hydrogens is 382 g/mol. The van der Waals surface area contributed by atoms with E-state index in [2.05, 4.69) is 10.3 Å². The summed E-state index contributed by atoms with van der Waals surface area (Å²) in [7, 11) is 0. The van der Waals surface area contributed by atoms with E-state index in [1.165, 1.54) is 0 Å². The van der Waals surface area contributed by atoms with Gasteiger partial charge < -0.3 is 15.3 Å². The van der Waals surface area contributed by atoms with E-state index in [9.17, 15) is 14.4 Å². The van der Waals surface area contributed by atoms with E-state index in [4.69, 9.17) is 5.11 Å². The molecule has 1 saturated carbocycles. The molecule has 4 rings (SSSR count). The van der Waals surface area contributed by atoms with Crippen LogP contribution in [0.15, 0.2) is 48.8 Å². The number of hydrogen-bond acceptors (Lipinski definition) is 4. The maximum absolute atomic E-state index is 13.4. The van der Waals surface area contributed by atoms with Crippen molar-refractivity contribution >= 4 is 23.5 Å². The minimum Gasteiger partial charge on any atom is -0.481 e. The molecule has 1 fully saturated rings. The molecule has 0 unspecified atom stereocenters. The van der Waals surface area contributed by atoms with Crippen molar-refractivity contribution in [3.05, 3.63) is 59.9 Å². The van der Waals surface area contributed by atoms with Gasteiger partial charge in [0.05, 0.1) is 12.0 Å². The molecule has 156 valence electrons. The van der Waals surface area contributed by atoms with Gasteiger partial charge in [-0.25, -0.2) is 0 Å². The molecule has 3 atom stereocenters. The Balaban J connectivity index is 1.61. The summed E-state index contributed by atoms with van der Waals surface area (Å²) in [6.45, 7) is 0.450. The number of pyridine rings is 1. The van der Waals surface area contributed by atoms with Crippen molar-refractivity contribution in [1.82, 2.24) is 10.3 Å². The molecule has 2 aliphatic rings. The van der Waals surface area contributed by atoms with Gasteiger partial charge in [-0.3, -0.25) is 19.4 Å². The van der Waals surface area contributed by atoms with Crippen LogP contribution in [-0.4, -0.2) is 40.5 Å². The van der Waals surface area contributed by atoms with E-state index in [0.29, 0.717) is 12.1 Å². The second kappa shape index (κ2) is 8.65. The van der Waals surface area contributed by atoms with Crippen LogP contribution in [0.3, 0.4) is 0 Å². The topological polar surface area (TPSA) is 99.6 Å². The second-order valence-corrected chi connectivity index (χ2v) is 7.94. The van der Waals surface area contributed by atoms with Gasteiger partial charge in [-0.05, 0) is 42.5 Å². The van der Waals surface area contributed by atoms with E-state index >= 15 is 0 Å². The lowest BCUT2D eigenvalue weighted by molar-refractivity contribution is -0.138. The molecule has 1 aliphatic heterocycles. The highest BCUT2D eigenvalue weighted by Gasteiger charge is 2.45. The number of aromatic nitrogens is 1. The third-order valence-electron chi connectivity index (χ3n) is 6.19. The first-order chi connectivity index (χ1) is 14.6. The number of carbonyl (C=O) groups excluding carboxylic acids is 2. The minimum absolute atomic E-state index is 0.0244. The van der Waals surface area contributed by atoms with Crippen LogP contribution in [0.2, 0.25) is 0 Å². The molecule has 30 heavy (non-hydrogen) atoms. The number of carboxylic acid groups (broad SMARTS) is 1. The number of carboxylic acids is 1. The molecule has 7 heteroatoms. The van der Waals surface area contributed by atoms with Crippen molar-refractivity contribution in [3.8, 4) is 0 Å². The number of para-hydroxylation sites is 1. The zero-order valence-corrected chi connectivity index (χ0v) is 16.7. The molecule has 2 heterocycles. The fraction of sp³-hybridized carbons (Fsp3) is 0.391. The molecule has 0 spiro atoms. The Labute approximate surface area is 175 Å². The van der Waals surface area contributed by atoms with Gasteiger partial charge >= 0.3 is 5.97 Å². The number of rotatable bonds is 6. The molecule has 1 aliphatic carbocycles. The Bertz CT molecular complexity index is 946. The fourth-order valence-corrected chi connectivity index (χ4v) is 4.87. The average Bonchev–Trinajstić information content (AvgIpc) is 3.24. The first-order valence-electron chi connectivity index (χ1n) is 10.4. The zero-order chi connectivity index (χ0) is 21.1. The summed E-state index contributed by atoms with van der Waals surface area (Å²) in [5.74, 6) is -0.927. The predicted octanol–water partition coefficient (Wildman–Crippen LogP) is 2.98. The van der Waals surface area contributed by atoms with Crippen LogP contribution in [-0.2, 0) is 9.59 Å². The van der Waals surface area contributed by atoms with Gasteiger partial charge in [-0.1, -0.05) is 24.6 Å². The van der Waals surface area contributed by atoms with Crippen LogP contribution in [0, 0.1) is 5.92 Å². The summed E-state index contributed by atoms with van der Waals surface area (Å²) in [4.78, 5) is 42.2. The summed E-state index contributed by atoms with van der Waals surface area (Å²) in [5.41, 5.74) is 2.51. The first kappa shape index (κ1) is 20.1. The lowest BCUT2D eigenvalue weighted by atomic mass is 9.77. The Hall–Kier alpha value is -3.22. The highest BCUT2D eigenvalue weighted by molar-refractivity contribution is 6.07. The number of nitrogens with one attached hydrogen (secondary N) is 1. The molecule has 0 bridgehead atoms. The maximum atomic E-state index is 13.4. The normalized spacial score (nSPS) is 22.1. The van der Waals surface area contributed by atoms with Gasteiger partial charge in [0.1, 0.15) is 0 Å². The molecule has 2 aromatic rings. The average molecular weight is 407 g/mol. The Morgan fingerprint density at radius 3 is 2.70 bits per heavy atom. The van der Waals surface area contributed by atoms with Crippen molar-refractivity contribution in [3.63, 3.8) is 0 Å². The van der Waals surface area contributed by atoms with Crippen LogP contribution < -0.4 is 10.2 Å². The lowest BCUT2D eigenvalue weighted by Gasteiger charge is -2.44.